The van der Waals surface area contributed by atoms with Crippen LogP contribution in [-0.4, -0.2) is 15.0 Å². The fourth-order valence-electron chi connectivity index (χ4n) is 0.976. The van der Waals surface area contributed by atoms with E-state index in [1.54, 1.807) is 18.6 Å². The van der Waals surface area contributed by atoms with Crippen molar-refractivity contribution in [2.45, 2.75) is 0 Å². The van der Waals surface area contributed by atoms with Crippen molar-refractivity contribution in [2.24, 2.45) is 0 Å². The first-order valence-corrected chi connectivity index (χ1v) is 3.63. The highest BCUT2D eigenvalue weighted by molar-refractivity contribution is 5.56. The average Bonchev–Trinajstić information content (AvgIpc) is 2.21. The predicted molar refractivity (Wildman–Crippen MR) is 45.3 cm³/mol. The van der Waals surface area contributed by atoms with Crippen molar-refractivity contribution in [2.75, 3.05) is 0 Å². The number of hydrogen-bond donors (Lipinski definition) is 0. The third-order valence-corrected chi connectivity index (χ3v) is 1.54. The van der Waals surface area contributed by atoms with Gasteiger partial charge in [-0.15, -0.1) is 0 Å². The van der Waals surface area contributed by atoms with Crippen LogP contribution in [0.3, 0.4) is 0 Å². The smallest absolute Gasteiger partial charge is 0.116 e. The molecule has 0 aromatic carbocycles. The number of aromatic nitrogens is 3. The molecule has 0 aliphatic rings. The largest absolute Gasteiger partial charge is 0.264 e. The van der Waals surface area contributed by atoms with E-state index in [2.05, 4.69) is 15.0 Å². The van der Waals surface area contributed by atoms with Gasteiger partial charge >= 0.3 is 0 Å². The van der Waals surface area contributed by atoms with Gasteiger partial charge in [-0.1, -0.05) is 0 Å². The second-order valence-corrected chi connectivity index (χ2v) is 2.34. The molecule has 2 rings (SSSR count). The molecule has 0 radical (unpaired) electrons. The molecule has 58 valence electrons. The zero-order chi connectivity index (χ0) is 8.23. The Morgan fingerprint density at radius 3 is 2.83 bits per heavy atom. The van der Waals surface area contributed by atoms with Gasteiger partial charge in [0.2, 0.25) is 0 Å². The van der Waals surface area contributed by atoms with E-state index in [4.69, 9.17) is 0 Å². The Balaban J connectivity index is 2.46. The first-order valence-electron chi connectivity index (χ1n) is 3.63. The number of nitrogens with zero attached hydrogens (tertiary/aromatic N) is 3. The molecule has 2 aromatic rings. The summed E-state index contributed by atoms with van der Waals surface area (Å²) in [6, 6.07) is 5.71. The van der Waals surface area contributed by atoms with Crippen molar-refractivity contribution in [1.29, 1.82) is 0 Å². The van der Waals surface area contributed by atoms with Gasteiger partial charge in [-0.05, 0) is 18.2 Å². The average molecular weight is 159 g/mol. The highest BCUT2D eigenvalue weighted by Gasteiger charge is 1.94. The summed E-state index contributed by atoms with van der Waals surface area (Å²) in [5.41, 5.74) is 1.91. The van der Waals surface area contributed by atoms with Gasteiger partial charge in [0.25, 0.3) is 0 Å². The quantitative estimate of drug-likeness (QED) is 0.633. The molecule has 0 saturated carbocycles. The molecule has 2 aromatic heterocycles. The van der Waals surface area contributed by atoms with Crippen LogP contribution in [0.15, 0.2) is 43.1 Å². The molecule has 0 amide bonds. The molecular formula is C9H7N3. The summed E-state index contributed by atoms with van der Waals surface area (Å²) in [5.74, 6) is 0. The Morgan fingerprint density at radius 1 is 1.17 bits per heavy atom. The van der Waals surface area contributed by atoms with Crippen LogP contribution in [0, 0.1) is 0 Å². The van der Waals surface area contributed by atoms with Crippen LogP contribution in [0.4, 0.5) is 0 Å². The Morgan fingerprint density at radius 2 is 2.17 bits per heavy atom. The summed E-state index contributed by atoms with van der Waals surface area (Å²) in [6.07, 6.45) is 6.77. The van der Waals surface area contributed by atoms with Crippen LogP contribution < -0.4 is 0 Å². The van der Waals surface area contributed by atoms with Gasteiger partial charge in [-0.3, -0.25) is 4.98 Å². The molecule has 0 saturated heterocycles. The first-order chi connectivity index (χ1) is 5.97. The Labute approximate surface area is 70.1 Å². The van der Waals surface area contributed by atoms with Crippen LogP contribution in [0.25, 0.3) is 11.3 Å². The third kappa shape index (κ3) is 1.29. The zero-order valence-corrected chi connectivity index (χ0v) is 6.38. The molecule has 0 spiro atoms. The topological polar surface area (TPSA) is 38.7 Å². The summed E-state index contributed by atoms with van der Waals surface area (Å²) in [5, 5.41) is 0. The van der Waals surface area contributed by atoms with Crippen LogP contribution in [0.1, 0.15) is 0 Å². The number of rotatable bonds is 1. The summed E-state index contributed by atoms with van der Waals surface area (Å²) in [4.78, 5) is 11.9. The first kappa shape index (κ1) is 6.91. The molecule has 0 fully saturated rings. The van der Waals surface area contributed by atoms with E-state index >= 15 is 0 Å². The van der Waals surface area contributed by atoms with Crippen LogP contribution in [-0.2, 0) is 0 Å². The monoisotopic (exact) mass is 159 g/mol. The minimum absolute atomic E-state index is 0.901. The Kier molecular flexibility index (Phi) is 1.78. The normalized spacial score (nSPS) is 9.67. The van der Waals surface area contributed by atoms with Gasteiger partial charge in [0, 0.05) is 24.2 Å². The maximum atomic E-state index is 4.10. The molecular weight excluding hydrogens is 152 g/mol. The highest BCUT2D eigenvalue weighted by Crippen LogP contribution is 2.12. The maximum absolute atomic E-state index is 4.10. The van der Waals surface area contributed by atoms with Crippen LogP contribution in [0.2, 0.25) is 0 Å². The van der Waals surface area contributed by atoms with Gasteiger partial charge in [0.15, 0.2) is 0 Å². The number of pyridine rings is 1. The summed E-state index contributed by atoms with van der Waals surface area (Å²) in [6.45, 7) is 0. The Bertz CT molecular complexity index is 307. The second kappa shape index (κ2) is 3.09. The SMILES string of the molecule is c1cncc(-c2ccn[14cH]n2)c1. The van der Waals surface area contributed by atoms with E-state index in [0.717, 1.165) is 11.3 Å². The molecule has 2 heterocycles. The van der Waals surface area contributed by atoms with Crippen LogP contribution >= 0.6 is 0 Å². The van der Waals surface area contributed by atoms with E-state index < -0.39 is 0 Å². The summed E-state index contributed by atoms with van der Waals surface area (Å²) in [7, 11) is 0. The highest BCUT2D eigenvalue weighted by atomic mass is 15.3. The summed E-state index contributed by atoms with van der Waals surface area (Å²) >= 11 is 0. The predicted octanol–water partition coefficient (Wildman–Crippen LogP) is 1.54. The van der Waals surface area contributed by atoms with Gasteiger partial charge in [-0.2, -0.15) is 0 Å². The van der Waals surface area contributed by atoms with E-state index in [9.17, 15) is 0 Å². The minimum atomic E-state index is 0.901. The fourth-order valence-corrected chi connectivity index (χ4v) is 0.976. The Hall–Kier alpha value is -1.77. The lowest BCUT2D eigenvalue weighted by Crippen LogP contribution is -1.83. The molecule has 12 heavy (non-hydrogen) atoms. The van der Waals surface area contributed by atoms with Crippen LogP contribution in [0.5, 0.6) is 0 Å². The van der Waals surface area contributed by atoms with Crippen molar-refractivity contribution < 1.29 is 0 Å². The van der Waals surface area contributed by atoms with Gasteiger partial charge < -0.3 is 0 Å². The molecule has 0 bridgehead atoms. The van der Waals surface area contributed by atoms with E-state index in [1.807, 2.05) is 18.2 Å². The summed E-state index contributed by atoms with van der Waals surface area (Å²) < 4.78 is 0. The van der Waals surface area contributed by atoms with Crippen molar-refractivity contribution in [3.8, 4) is 11.3 Å². The molecule has 0 atom stereocenters. The molecule has 0 unspecified atom stereocenters. The lowest BCUT2D eigenvalue weighted by Gasteiger charge is -1.96. The van der Waals surface area contributed by atoms with Crippen molar-refractivity contribution in [1.82, 2.24) is 15.0 Å². The lowest BCUT2D eigenvalue weighted by molar-refractivity contribution is 1.17. The maximum Gasteiger partial charge on any atom is 0.116 e. The van der Waals surface area contributed by atoms with Crippen molar-refractivity contribution >= 4 is 0 Å². The minimum Gasteiger partial charge on any atom is -0.264 e. The standard InChI is InChI=1S/C9H7N3/c1-2-8(6-10-4-1)9-3-5-11-7-12-9/h1-7H/i7+2. The van der Waals surface area contributed by atoms with Gasteiger partial charge in [0.1, 0.15) is 6.33 Å². The number of hydrogen-bond acceptors (Lipinski definition) is 3. The lowest BCUT2D eigenvalue weighted by atomic mass is 10.2. The van der Waals surface area contributed by atoms with Crippen molar-refractivity contribution in [3.63, 3.8) is 0 Å². The second-order valence-electron chi connectivity index (χ2n) is 2.34. The van der Waals surface area contributed by atoms with E-state index in [0.29, 0.717) is 0 Å². The zero-order valence-electron chi connectivity index (χ0n) is 6.38. The fraction of sp³-hybridized carbons (Fsp3) is 0. The molecule has 3 heteroatoms. The van der Waals surface area contributed by atoms with E-state index in [1.165, 1.54) is 6.33 Å². The van der Waals surface area contributed by atoms with Gasteiger partial charge in [-0.25, -0.2) is 9.97 Å². The molecule has 3 nitrogen and oxygen atoms in total. The third-order valence-electron chi connectivity index (χ3n) is 1.54. The molecule has 0 aliphatic heterocycles. The van der Waals surface area contributed by atoms with Crippen molar-refractivity contribution in [3.05, 3.63) is 43.1 Å². The molecule has 0 N–H and O–H groups in total. The van der Waals surface area contributed by atoms with Gasteiger partial charge in [0.05, 0.1) is 5.69 Å². The molecule has 0 aliphatic carbocycles. The van der Waals surface area contributed by atoms with E-state index in [-0.39, 0.29) is 0 Å².